The first-order chi connectivity index (χ1) is 6.88. The number of aromatic amines is 1. The van der Waals surface area contributed by atoms with Crippen LogP contribution in [-0.2, 0) is 0 Å². The summed E-state index contributed by atoms with van der Waals surface area (Å²) in [6.07, 6.45) is -3.38. The Balaban J connectivity index is 2.42. The van der Waals surface area contributed by atoms with Crippen LogP contribution in [0.1, 0.15) is 32.0 Å². The lowest BCUT2D eigenvalue weighted by Crippen LogP contribution is -2.33. The monoisotopic (exact) mass is 221 g/mol. The second kappa shape index (κ2) is 4.65. The van der Waals surface area contributed by atoms with Gasteiger partial charge in [-0.1, -0.05) is 0 Å². The first-order valence-corrected chi connectivity index (χ1v) is 4.70. The Morgan fingerprint density at radius 1 is 1.47 bits per heavy atom. The quantitative estimate of drug-likeness (QED) is 0.819. The zero-order valence-electron chi connectivity index (χ0n) is 8.60. The summed E-state index contributed by atoms with van der Waals surface area (Å²) < 4.78 is 36.1. The van der Waals surface area contributed by atoms with Gasteiger partial charge in [0.25, 0.3) is 0 Å². The number of aromatic nitrogens is 2. The van der Waals surface area contributed by atoms with Crippen molar-refractivity contribution in [3.8, 4) is 0 Å². The molecule has 2 N–H and O–H groups in total. The molecule has 1 heterocycles. The highest BCUT2D eigenvalue weighted by Gasteiger charge is 2.30. The van der Waals surface area contributed by atoms with E-state index in [2.05, 4.69) is 15.5 Å². The molecular formula is C9H14F3N3. The standard InChI is InChI=1S/C9H14F3N3/c1-6(5-9(10,11)12)14-7(2)8-3-4-13-15-8/h3-4,6-7,14H,5H2,1-2H3,(H,13,15). The first kappa shape index (κ1) is 12.0. The van der Waals surface area contributed by atoms with Crippen LogP contribution in [0, 0.1) is 0 Å². The minimum atomic E-state index is -4.12. The Bertz CT molecular complexity index is 281. The molecule has 0 fully saturated rings. The van der Waals surface area contributed by atoms with E-state index in [1.54, 1.807) is 19.2 Å². The molecule has 15 heavy (non-hydrogen) atoms. The molecule has 0 aliphatic heterocycles. The predicted molar refractivity (Wildman–Crippen MR) is 50.3 cm³/mol. The normalized spacial score (nSPS) is 16.3. The molecule has 0 saturated carbocycles. The number of alkyl halides is 3. The molecule has 2 unspecified atom stereocenters. The Morgan fingerprint density at radius 2 is 2.13 bits per heavy atom. The molecule has 1 aromatic rings. The van der Waals surface area contributed by atoms with Crippen molar-refractivity contribution in [3.05, 3.63) is 18.0 Å². The predicted octanol–water partition coefficient (Wildman–Crippen LogP) is 2.40. The van der Waals surface area contributed by atoms with Crippen LogP contribution in [0.2, 0.25) is 0 Å². The lowest BCUT2D eigenvalue weighted by molar-refractivity contribution is -0.139. The Labute approximate surface area is 86.1 Å². The van der Waals surface area contributed by atoms with Gasteiger partial charge in [-0.15, -0.1) is 0 Å². The zero-order chi connectivity index (χ0) is 11.5. The minimum absolute atomic E-state index is 0.162. The number of rotatable bonds is 4. The molecule has 0 radical (unpaired) electrons. The number of H-pyrrole nitrogens is 1. The second-order valence-corrected chi connectivity index (χ2v) is 3.62. The molecule has 3 nitrogen and oxygen atoms in total. The van der Waals surface area contributed by atoms with Gasteiger partial charge in [-0.25, -0.2) is 0 Å². The fraction of sp³-hybridized carbons (Fsp3) is 0.667. The molecule has 0 bridgehead atoms. The maximum atomic E-state index is 12.0. The van der Waals surface area contributed by atoms with Gasteiger partial charge >= 0.3 is 6.18 Å². The van der Waals surface area contributed by atoms with Crippen LogP contribution < -0.4 is 5.32 Å². The molecule has 86 valence electrons. The lowest BCUT2D eigenvalue weighted by atomic mass is 10.1. The van der Waals surface area contributed by atoms with Crippen molar-refractivity contribution in [2.75, 3.05) is 0 Å². The maximum Gasteiger partial charge on any atom is 0.390 e. The molecule has 0 spiro atoms. The van der Waals surface area contributed by atoms with Crippen molar-refractivity contribution in [3.63, 3.8) is 0 Å². The molecule has 0 aliphatic carbocycles. The second-order valence-electron chi connectivity index (χ2n) is 3.62. The average molecular weight is 221 g/mol. The van der Waals surface area contributed by atoms with Gasteiger partial charge in [0.05, 0.1) is 12.1 Å². The van der Waals surface area contributed by atoms with Crippen LogP contribution in [0.4, 0.5) is 13.2 Å². The maximum absolute atomic E-state index is 12.0. The summed E-state index contributed by atoms with van der Waals surface area (Å²) in [4.78, 5) is 0. The van der Waals surface area contributed by atoms with E-state index in [4.69, 9.17) is 0 Å². The van der Waals surface area contributed by atoms with E-state index in [0.29, 0.717) is 0 Å². The van der Waals surface area contributed by atoms with Crippen LogP contribution in [-0.4, -0.2) is 22.4 Å². The highest BCUT2D eigenvalue weighted by atomic mass is 19.4. The molecule has 6 heteroatoms. The van der Waals surface area contributed by atoms with Crippen molar-refractivity contribution in [1.29, 1.82) is 0 Å². The van der Waals surface area contributed by atoms with Crippen molar-refractivity contribution < 1.29 is 13.2 Å². The zero-order valence-corrected chi connectivity index (χ0v) is 8.60. The summed E-state index contributed by atoms with van der Waals surface area (Å²) in [7, 11) is 0. The summed E-state index contributed by atoms with van der Waals surface area (Å²) >= 11 is 0. The third-order valence-corrected chi connectivity index (χ3v) is 2.06. The molecule has 0 saturated heterocycles. The molecule has 0 aliphatic rings. The Morgan fingerprint density at radius 3 is 2.60 bits per heavy atom. The summed E-state index contributed by atoms with van der Waals surface area (Å²) in [5.74, 6) is 0. The molecular weight excluding hydrogens is 207 g/mol. The first-order valence-electron chi connectivity index (χ1n) is 4.70. The van der Waals surface area contributed by atoms with E-state index >= 15 is 0 Å². The van der Waals surface area contributed by atoms with Gasteiger partial charge in [-0.3, -0.25) is 5.10 Å². The van der Waals surface area contributed by atoms with E-state index in [9.17, 15) is 13.2 Å². The highest BCUT2D eigenvalue weighted by molar-refractivity contribution is 5.03. The van der Waals surface area contributed by atoms with E-state index in [0.717, 1.165) is 5.69 Å². The van der Waals surface area contributed by atoms with Crippen molar-refractivity contribution in [2.45, 2.75) is 38.5 Å². The van der Waals surface area contributed by atoms with E-state index in [-0.39, 0.29) is 6.04 Å². The van der Waals surface area contributed by atoms with E-state index in [1.165, 1.54) is 6.92 Å². The fourth-order valence-corrected chi connectivity index (χ4v) is 1.43. The average Bonchev–Trinajstić information content (AvgIpc) is 2.50. The van der Waals surface area contributed by atoms with Crippen molar-refractivity contribution >= 4 is 0 Å². The van der Waals surface area contributed by atoms with E-state index < -0.39 is 18.6 Å². The van der Waals surface area contributed by atoms with Crippen molar-refractivity contribution in [2.24, 2.45) is 0 Å². The fourth-order valence-electron chi connectivity index (χ4n) is 1.43. The summed E-state index contributed by atoms with van der Waals surface area (Å²) in [6.45, 7) is 3.31. The smallest absolute Gasteiger partial charge is 0.306 e. The summed E-state index contributed by atoms with van der Waals surface area (Å²) in [6, 6.07) is 0.964. The molecule has 1 rings (SSSR count). The Kier molecular flexibility index (Phi) is 3.73. The summed E-state index contributed by atoms with van der Waals surface area (Å²) in [5.41, 5.74) is 0.782. The number of hydrogen-bond acceptors (Lipinski definition) is 2. The number of halogens is 3. The minimum Gasteiger partial charge on any atom is -0.306 e. The lowest BCUT2D eigenvalue weighted by Gasteiger charge is -2.20. The number of nitrogens with one attached hydrogen (secondary N) is 2. The Hall–Kier alpha value is -1.04. The van der Waals surface area contributed by atoms with Gasteiger partial charge in [-0.2, -0.15) is 18.3 Å². The molecule has 0 amide bonds. The van der Waals surface area contributed by atoms with Crippen LogP contribution in [0.25, 0.3) is 0 Å². The molecule has 2 atom stereocenters. The van der Waals surface area contributed by atoms with Crippen LogP contribution in [0.15, 0.2) is 12.3 Å². The topological polar surface area (TPSA) is 40.7 Å². The van der Waals surface area contributed by atoms with E-state index in [1.807, 2.05) is 0 Å². The van der Waals surface area contributed by atoms with Gasteiger partial charge in [-0.05, 0) is 19.9 Å². The molecule has 0 aromatic carbocycles. The SMILES string of the molecule is CC(CC(F)(F)F)NC(C)c1ccn[nH]1. The third-order valence-electron chi connectivity index (χ3n) is 2.06. The molecule has 1 aromatic heterocycles. The van der Waals surface area contributed by atoms with Gasteiger partial charge in [0.2, 0.25) is 0 Å². The van der Waals surface area contributed by atoms with Crippen LogP contribution in [0.3, 0.4) is 0 Å². The van der Waals surface area contributed by atoms with Gasteiger partial charge in [0.1, 0.15) is 0 Å². The van der Waals surface area contributed by atoms with Gasteiger partial charge in [0, 0.05) is 18.3 Å². The number of nitrogens with zero attached hydrogens (tertiary/aromatic N) is 1. The highest BCUT2D eigenvalue weighted by Crippen LogP contribution is 2.22. The van der Waals surface area contributed by atoms with Gasteiger partial charge < -0.3 is 5.32 Å². The van der Waals surface area contributed by atoms with Crippen LogP contribution in [0.5, 0.6) is 0 Å². The van der Waals surface area contributed by atoms with Crippen molar-refractivity contribution in [1.82, 2.24) is 15.5 Å². The van der Waals surface area contributed by atoms with Crippen LogP contribution >= 0.6 is 0 Å². The third kappa shape index (κ3) is 4.33. The van der Waals surface area contributed by atoms with Gasteiger partial charge in [0.15, 0.2) is 0 Å². The largest absolute Gasteiger partial charge is 0.390 e. The number of hydrogen-bond donors (Lipinski definition) is 2. The summed E-state index contributed by atoms with van der Waals surface area (Å²) in [5, 5.41) is 9.30.